The van der Waals surface area contributed by atoms with E-state index < -0.39 is 5.92 Å². The van der Waals surface area contributed by atoms with Gasteiger partial charge in [-0.15, -0.1) is 0 Å². The predicted molar refractivity (Wildman–Crippen MR) is 95.8 cm³/mol. The van der Waals surface area contributed by atoms with Crippen molar-refractivity contribution >= 4 is 17.7 Å². The average Bonchev–Trinajstić information content (AvgIpc) is 3.18. The van der Waals surface area contributed by atoms with Crippen molar-refractivity contribution in [3.63, 3.8) is 0 Å². The smallest absolute Gasteiger partial charge is 0.234 e. The second kappa shape index (κ2) is 7.59. The summed E-state index contributed by atoms with van der Waals surface area (Å²) in [7, 11) is 1.60. The SMILES string of the molecule is CCc1c(C)noc1NC(=O)C1CC(=O)N(Cc2ccccc2OC)C1. The van der Waals surface area contributed by atoms with Gasteiger partial charge in [0.15, 0.2) is 0 Å². The average molecular weight is 357 g/mol. The largest absolute Gasteiger partial charge is 0.496 e. The maximum absolute atomic E-state index is 12.6. The molecule has 1 fully saturated rings. The number of ether oxygens (including phenoxy) is 1. The summed E-state index contributed by atoms with van der Waals surface area (Å²) in [6, 6.07) is 7.57. The molecule has 0 aliphatic carbocycles. The normalized spacial score (nSPS) is 16.8. The van der Waals surface area contributed by atoms with Crippen LogP contribution in [0.15, 0.2) is 28.8 Å². The van der Waals surface area contributed by atoms with Crippen molar-refractivity contribution in [1.82, 2.24) is 10.1 Å². The van der Waals surface area contributed by atoms with Crippen LogP contribution in [0.25, 0.3) is 0 Å². The molecule has 7 heteroatoms. The topological polar surface area (TPSA) is 84.7 Å². The number of hydrogen-bond donors (Lipinski definition) is 1. The number of para-hydroxylation sites is 1. The number of aromatic nitrogens is 1. The van der Waals surface area contributed by atoms with Gasteiger partial charge in [0.05, 0.1) is 18.7 Å². The molecule has 1 unspecified atom stereocenters. The number of nitrogens with zero attached hydrogens (tertiary/aromatic N) is 2. The highest BCUT2D eigenvalue weighted by molar-refractivity contribution is 5.96. The quantitative estimate of drug-likeness (QED) is 0.859. The van der Waals surface area contributed by atoms with Crippen LogP contribution in [0, 0.1) is 12.8 Å². The molecule has 138 valence electrons. The molecule has 7 nitrogen and oxygen atoms in total. The molecule has 0 bridgehead atoms. The number of anilines is 1. The molecule has 2 aromatic rings. The van der Waals surface area contributed by atoms with E-state index in [4.69, 9.17) is 9.26 Å². The van der Waals surface area contributed by atoms with Gasteiger partial charge in [-0.3, -0.25) is 14.9 Å². The first kappa shape index (κ1) is 18.0. The van der Waals surface area contributed by atoms with Crippen molar-refractivity contribution in [1.29, 1.82) is 0 Å². The zero-order valence-corrected chi connectivity index (χ0v) is 15.2. The van der Waals surface area contributed by atoms with E-state index in [0.717, 1.165) is 22.6 Å². The molecule has 1 aliphatic rings. The maximum atomic E-state index is 12.6. The van der Waals surface area contributed by atoms with Crippen LogP contribution in [0.1, 0.15) is 30.2 Å². The molecule has 26 heavy (non-hydrogen) atoms. The van der Waals surface area contributed by atoms with Crippen LogP contribution in [0.3, 0.4) is 0 Å². The highest BCUT2D eigenvalue weighted by atomic mass is 16.5. The molecule has 2 heterocycles. The Morgan fingerprint density at radius 3 is 2.92 bits per heavy atom. The van der Waals surface area contributed by atoms with Crippen LogP contribution >= 0.6 is 0 Å². The van der Waals surface area contributed by atoms with Gasteiger partial charge in [0, 0.05) is 30.6 Å². The summed E-state index contributed by atoms with van der Waals surface area (Å²) in [4.78, 5) is 26.6. The molecule has 1 saturated heterocycles. The van der Waals surface area contributed by atoms with E-state index in [2.05, 4.69) is 10.5 Å². The first-order valence-corrected chi connectivity index (χ1v) is 8.69. The van der Waals surface area contributed by atoms with Gasteiger partial charge in [-0.25, -0.2) is 0 Å². The molecule has 1 aromatic heterocycles. The molecule has 1 aliphatic heterocycles. The Balaban J connectivity index is 1.66. The Bertz CT molecular complexity index is 815. The minimum atomic E-state index is -0.410. The number of carbonyl (C=O) groups is 2. The minimum Gasteiger partial charge on any atom is -0.496 e. The van der Waals surface area contributed by atoms with Crippen molar-refractivity contribution in [3.05, 3.63) is 41.1 Å². The fourth-order valence-electron chi connectivity index (χ4n) is 3.26. The third kappa shape index (κ3) is 3.56. The lowest BCUT2D eigenvalue weighted by Gasteiger charge is -2.18. The molecule has 0 spiro atoms. The van der Waals surface area contributed by atoms with E-state index in [1.165, 1.54) is 0 Å². The van der Waals surface area contributed by atoms with E-state index in [1.807, 2.05) is 38.1 Å². The van der Waals surface area contributed by atoms with E-state index in [-0.39, 0.29) is 18.2 Å². The molecule has 1 N–H and O–H groups in total. The highest BCUT2D eigenvalue weighted by Crippen LogP contribution is 2.26. The lowest BCUT2D eigenvalue weighted by Crippen LogP contribution is -2.28. The molecule has 2 amide bonds. The maximum Gasteiger partial charge on any atom is 0.234 e. The predicted octanol–water partition coefficient (Wildman–Crippen LogP) is 2.54. The van der Waals surface area contributed by atoms with Crippen molar-refractivity contribution in [2.45, 2.75) is 33.2 Å². The van der Waals surface area contributed by atoms with Gasteiger partial charge < -0.3 is 14.2 Å². The number of methoxy groups -OCH3 is 1. The Hall–Kier alpha value is -2.83. The minimum absolute atomic E-state index is 0.0412. The van der Waals surface area contributed by atoms with Gasteiger partial charge >= 0.3 is 0 Å². The van der Waals surface area contributed by atoms with Crippen LogP contribution in [-0.4, -0.2) is 35.5 Å². The number of carbonyl (C=O) groups excluding carboxylic acids is 2. The van der Waals surface area contributed by atoms with E-state index >= 15 is 0 Å². The van der Waals surface area contributed by atoms with Gasteiger partial charge in [-0.1, -0.05) is 30.3 Å². The number of rotatable bonds is 6. The summed E-state index contributed by atoms with van der Waals surface area (Å²) >= 11 is 0. The zero-order valence-electron chi connectivity index (χ0n) is 15.2. The van der Waals surface area contributed by atoms with Gasteiger partial charge in [-0.2, -0.15) is 0 Å². The summed E-state index contributed by atoms with van der Waals surface area (Å²) in [5.41, 5.74) is 2.57. The summed E-state index contributed by atoms with van der Waals surface area (Å²) in [5, 5.41) is 6.67. The van der Waals surface area contributed by atoms with E-state index in [1.54, 1.807) is 12.0 Å². The van der Waals surface area contributed by atoms with Crippen molar-refractivity contribution < 1.29 is 18.8 Å². The molecular weight excluding hydrogens is 334 g/mol. The summed E-state index contributed by atoms with van der Waals surface area (Å²) < 4.78 is 10.5. The second-order valence-electron chi connectivity index (χ2n) is 6.41. The molecule has 0 saturated carbocycles. The van der Waals surface area contributed by atoms with Crippen molar-refractivity contribution in [2.24, 2.45) is 5.92 Å². The first-order chi connectivity index (χ1) is 12.5. The molecule has 0 radical (unpaired) electrons. The summed E-state index contributed by atoms with van der Waals surface area (Å²) in [5.74, 6) is 0.447. The van der Waals surface area contributed by atoms with Crippen LogP contribution in [0.4, 0.5) is 5.88 Å². The van der Waals surface area contributed by atoms with Crippen LogP contribution in [0.2, 0.25) is 0 Å². The molecule has 1 aromatic carbocycles. The van der Waals surface area contributed by atoms with Crippen molar-refractivity contribution in [2.75, 3.05) is 19.0 Å². The summed E-state index contributed by atoms with van der Waals surface area (Å²) in [6.07, 6.45) is 0.907. The van der Waals surface area contributed by atoms with Gasteiger partial charge in [0.2, 0.25) is 17.7 Å². The lowest BCUT2D eigenvalue weighted by molar-refractivity contribution is -0.128. The van der Waals surface area contributed by atoms with Crippen LogP contribution < -0.4 is 10.1 Å². The standard InChI is InChI=1S/C19H23N3O4/c1-4-15-12(2)21-26-19(15)20-18(24)14-9-17(23)22(11-14)10-13-7-5-6-8-16(13)25-3/h5-8,14H,4,9-11H2,1-3H3,(H,20,24). The van der Waals surface area contributed by atoms with E-state index in [9.17, 15) is 9.59 Å². The summed E-state index contributed by atoms with van der Waals surface area (Å²) in [6.45, 7) is 4.61. The monoisotopic (exact) mass is 357 g/mol. The Morgan fingerprint density at radius 1 is 1.42 bits per heavy atom. The third-order valence-electron chi connectivity index (χ3n) is 4.71. The van der Waals surface area contributed by atoms with E-state index in [0.29, 0.717) is 25.4 Å². The number of likely N-dealkylation sites (tertiary alicyclic amines) is 1. The van der Waals surface area contributed by atoms with Crippen molar-refractivity contribution in [3.8, 4) is 5.75 Å². The fraction of sp³-hybridized carbons (Fsp3) is 0.421. The Morgan fingerprint density at radius 2 is 2.19 bits per heavy atom. The molecule has 3 rings (SSSR count). The Labute approximate surface area is 152 Å². The molecular formula is C19H23N3O4. The number of hydrogen-bond acceptors (Lipinski definition) is 5. The molecule has 1 atom stereocenters. The van der Waals surface area contributed by atoms with Crippen LogP contribution in [0.5, 0.6) is 5.75 Å². The second-order valence-corrected chi connectivity index (χ2v) is 6.41. The van der Waals surface area contributed by atoms with Gasteiger partial charge in [0.25, 0.3) is 0 Å². The Kier molecular flexibility index (Phi) is 5.25. The number of benzene rings is 1. The van der Waals surface area contributed by atoms with Gasteiger partial charge in [0.1, 0.15) is 5.75 Å². The number of amides is 2. The number of aryl methyl sites for hydroxylation is 1. The van der Waals surface area contributed by atoms with Crippen LogP contribution in [-0.2, 0) is 22.6 Å². The lowest BCUT2D eigenvalue weighted by atomic mass is 10.1. The third-order valence-corrected chi connectivity index (χ3v) is 4.71. The zero-order chi connectivity index (χ0) is 18.7. The number of nitrogens with one attached hydrogen (secondary N) is 1. The van der Waals surface area contributed by atoms with Gasteiger partial charge in [-0.05, 0) is 19.4 Å². The first-order valence-electron chi connectivity index (χ1n) is 8.69. The highest BCUT2D eigenvalue weighted by Gasteiger charge is 2.35. The fourth-order valence-corrected chi connectivity index (χ4v) is 3.26.